The van der Waals surface area contributed by atoms with Gasteiger partial charge in [0.05, 0.1) is 6.54 Å². The van der Waals surface area contributed by atoms with Gasteiger partial charge in [-0.15, -0.1) is 0 Å². The molecule has 11 nitrogen and oxygen atoms in total. The lowest BCUT2D eigenvalue weighted by atomic mass is 10.3. The quantitative estimate of drug-likeness (QED) is 0.512. The van der Waals surface area contributed by atoms with Crippen molar-refractivity contribution in [2.24, 2.45) is 0 Å². The molecule has 2 aromatic rings. The van der Waals surface area contributed by atoms with Crippen molar-refractivity contribution in [3.05, 3.63) is 24.3 Å². The third kappa shape index (κ3) is 6.45. The Kier molecular flexibility index (Phi) is 7.96. The van der Waals surface area contributed by atoms with Gasteiger partial charge in [0.1, 0.15) is 0 Å². The number of carbonyl (C=O) groups is 1. The highest BCUT2D eigenvalue weighted by molar-refractivity contribution is 5.80. The van der Waals surface area contributed by atoms with Crippen molar-refractivity contribution >= 4 is 35.1 Å². The summed E-state index contributed by atoms with van der Waals surface area (Å²) >= 11 is 0. The maximum Gasteiger partial charge on any atom is 0.239 e. The Balaban J connectivity index is 1.49. The van der Waals surface area contributed by atoms with Gasteiger partial charge in [0.2, 0.25) is 23.8 Å². The molecular weight excluding hydrogens is 432 g/mol. The Hall–Kier alpha value is -3.18. The van der Waals surface area contributed by atoms with Gasteiger partial charge in [-0.25, -0.2) is 0 Å². The monoisotopic (exact) mass is 468 g/mol. The molecule has 0 bridgehead atoms. The molecule has 11 heteroatoms. The summed E-state index contributed by atoms with van der Waals surface area (Å²) in [6, 6.07) is 7.78. The molecular formula is C23H36N10O. The molecule has 1 amide bonds. The number of amides is 1. The van der Waals surface area contributed by atoms with E-state index in [1.165, 1.54) is 0 Å². The number of benzene rings is 1. The molecule has 1 aromatic heterocycles. The molecule has 1 aromatic carbocycles. The van der Waals surface area contributed by atoms with E-state index in [4.69, 9.17) is 15.0 Å². The second kappa shape index (κ2) is 11.3. The number of piperazine rings is 2. The molecule has 0 spiro atoms. The molecule has 0 radical (unpaired) electrons. The average molecular weight is 469 g/mol. The van der Waals surface area contributed by atoms with Crippen LogP contribution in [0.15, 0.2) is 24.3 Å². The standard InChI is InChI=1S/C23H36N10O/c1-4-24-20(34)17-25-18-5-7-19(8-6-18)26-21-27-22(32-13-9-30(2)10-14-32)29-23(28-21)33-15-11-31(3)12-16-33/h5-8,25H,4,9-17H2,1-3H3,(H,24,34)(H,26,27,28,29). The topological polar surface area (TPSA) is 105 Å². The minimum absolute atomic E-state index is 0.0252. The summed E-state index contributed by atoms with van der Waals surface area (Å²) in [6.07, 6.45) is 0. The van der Waals surface area contributed by atoms with Crippen molar-refractivity contribution in [3.63, 3.8) is 0 Å². The number of hydrogen-bond donors (Lipinski definition) is 3. The molecule has 2 aliphatic rings. The Morgan fingerprint density at radius 1 is 0.794 bits per heavy atom. The summed E-state index contributed by atoms with van der Waals surface area (Å²) in [6.45, 7) is 10.3. The molecule has 2 aliphatic heterocycles. The number of carbonyl (C=O) groups excluding carboxylic acids is 1. The summed E-state index contributed by atoms with van der Waals surface area (Å²) in [5, 5.41) is 9.26. The number of aromatic nitrogens is 3. The fraction of sp³-hybridized carbons (Fsp3) is 0.565. The van der Waals surface area contributed by atoms with Crippen LogP contribution in [0.4, 0.5) is 29.2 Å². The van der Waals surface area contributed by atoms with Crippen LogP contribution in [0.2, 0.25) is 0 Å². The molecule has 2 saturated heterocycles. The highest BCUT2D eigenvalue weighted by Crippen LogP contribution is 2.22. The Labute approximate surface area is 201 Å². The van der Waals surface area contributed by atoms with E-state index in [-0.39, 0.29) is 12.5 Å². The van der Waals surface area contributed by atoms with Crippen LogP contribution in [0.3, 0.4) is 0 Å². The normalized spacial score (nSPS) is 17.5. The second-order valence-electron chi connectivity index (χ2n) is 8.85. The molecule has 0 atom stereocenters. The van der Waals surface area contributed by atoms with Crippen LogP contribution < -0.4 is 25.8 Å². The first-order valence-electron chi connectivity index (χ1n) is 12.0. The van der Waals surface area contributed by atoms with Gasteiger partial charge < -0.3 is 35.6 Å². The van der Waals surface area contributed by atoms with E-state index in [2.05, 4.69) is 49.6 Å². The molecule has 2 fully saturated rings. The van der Waals surface area contributed by atoms with E-state index in [1.807, 2.05) is 31.2 Å². The SMILES string of the molecule is CCNC(=O)CNc1ccc(Nc2nc(N3CCN(C)CC3)nc(N3CCN(C)CC3)n2)cc1. The molecule has 4 rings (SSSR count). The van der Waals surface area contributed by atoms with Gasteiger partial charge in [-0.05, 0) is 45.3 Å². The van der Waals surface area contributed by atoms with E-state index in [9.17, 15) is 4.79 Å². The number of likely N-dealkylation sites (N-methyl/N-ethyl adjacent to an activating group) is 3. The van der Waals surface area contributed by atoms with Crippen molar-refractivity contribution in [3.8, 4) is 0 Å². The van der Waals surface area contributed by atoms with Crippen molar-refractivity contribution in [2.45, 2.75) is 6.92 Å². The minimum atomic E-state index is -0.0252. The van der Waals surface area contributed by atoms with E-state index in [0.717, 1.165) is 75.6 Å². The lowest BCUT2D eigenvalue weighted by Crippen LogP contribution is -2.46. The number of rotatable bonds is 8. The van der Waals surface area contributed by atoms with Crippen molar-refractivity contribution in [1.29, 1.82) is 0 Å². The van der Waals surface area contributed by atoms with Crippen molar-refractivity contribution < 1.29 is 4.79 Å². The number of hydrogen-bond acceptors (Lipinski definition) is 10. The summed E-state index contributed by atoms with van der Waals surface area (Å²) in [4.78, 5) is 35.1. The largest absolute Gasteiger partial charge is 0.376 e. The Morgan fingerprint density at radius 3 is 1.79 bits per heavy atom. The third-order valence-electron chi connectivity index (χ3n) is 6.15. The molecule has 0 saturated carbocycles. The van der Waals surface area contributed by atoms with Crippen LogP contribution in [0.25, 0.3) is 0 Å². The predicted molar refractivity (Wildman–Crippen MR) is 136 cm³/mol. The van der Waals surface area contributed by atoms with Gasteiger partial charge in [0.25, 0.3) is 0 Å². The molecule has 0 aliphatic carbocycles. The average Bonchev–Trinajstić information content (AvgIpc) is 2.84. The zero-order valence-corrected chi connectivity index (χ0v) is 20.4. The zero-order chi connectivity index (χ0) is 23.9. The second-order valence-corrected chi connectivity index (χ2v) is 8.85. The Bertz CT molecular complexity index is 897. The summed E-state index contributed by atoms with van der Waals surface area (Å²) in [5.74, 6) is 1.96. The van der Waals surface area contributed by atoms with E-state index >= 15 is 0 Å². The summed E-state index contributed by atoms with van der Waals surface area (Å²) < 4.78 is 0. The van der Waals surface area contributed by atoms with Crippen LogP contribution >= 0.6 is 0 Å². The molecule has 3 N–H and O–H groups in total. The van der Waals surface area contributed by atoms with Gasteiger partial charge in [-0.1, -0.05) is 0 Å². The Morgan fingerprint density at radius 2 is 1.29 bits per heavy atom. The fourth-order valence-electron chi connectivity index (χ4n) is 3.95. The number of nitrogens with zero attached hydrogens (tertiary/aromatic N) is 7. The minimum Gasteiger partial charge on any atom is -0.376 e. The number of anilines is 5. The molecule has 0 unspecified atom stereocenters. The third-order valence-corrected chi connectivity index (χ3v) is 6.15. The smallest absolute Gasteiger partial charge is 0.239 e. The van der Waals surface area contributed by atoms with Gasteiger partial charge in [0, 0.05) is 70.3 Å². The maximum absolute atomic E-state index is 11.7. The highest BCUT2D eigenvalue weighted by Gasteiger charge is 2.22. The lowest BCUT2D eigenvalue weighted by Gasteiger charge is -2.34. The molecule has 3 heterocycles. The van der Waals surface area contributed by atoms with Gasteiger partial charge in [-0.2, -0.15) is 15.0 Å². The molecule has 34 heavy (non-hydrogen) atoms. The van der Waals surface area contributed by atoms with Crippen molar-refractivity contribution in [1.82, 2.24) is 30.1 Å². The lowest BCUT2D eigenvalue weighted by molar-refractivity contribution is -0.119. The van der Waals surface area contributed by atoms with Crippen LogP contribution in [0, 0.1) is 0 Å². The predicted octanol–water partition coefficient (Wildman–Crippen LogP) is 0.667. The van der Waals surface area contributed by atoms with Crippen molar-refractivity contribution in [2.75, 3.05) is 100.0 Å². The maximum atomic E-state index is 11.7. The van der Waals surface area contributed by atoms with Gasteiger partial charge in [0.15, 0.2) is 0 Å². The molecule has 184 valence electrons. The van der Waals surface area contributed by atoms with Gasteiger partial charge >= 0.3 is 0 Å². The van der Waals surface area contributed by atoms with Crippen LogP contribution in [0.1, 0.15) is 6.92 Å². The number of nitrogens with one attached hydrogen (secondary N) is 3. The summed E-state index contributed by atoms with van der Waals surface area (Å²) in [7, 11) is 4.28. The first-order chi connectivity index (χ1) is 16.5. The van der Waals surface area contributed by atoms with Crippen LogP contribution in [-0.2, 0) is 4.79 Å². The van der Waals surface area contributed by atoms with Crippen LogP contribution in [-0.4, -0.2) is 110 Å². The zero-order valence-electron chi connectivity index (χ0n) is 20.4. The summed E-state index contributed by atoms with van der Waals surface area (Å²) in [5.41, 5.74) is 1.76. The highest BCUT2D eigenvalue weighted by atomic mass is 16.1. The van der Waals surface area contributed by atoms with E-state index in [1.54, 1.807) is 0 Å². The first kappa shape index (κ1) is 24.0. The van der Waals surface area contributed by atoms with Gasteiger partial charge in [-0.3, -0.25) is 4.79 Å². The fourth-order valence-corrected chi connectivity index (χ4v) is 3.95. The van der Waals surface area contributed by atoms with Crippen LogP contribution in [0.5, 0.6) is 0 Å². The van der Waals surface area contributed by atoms with E-state index in [0.29, 0.717) is 12.5 Å². The first-order valence-corrected chi connectivity index (χ1v) is 12.0. The van der Waals surface area contributed by atoms with E-state index < -0.39 is 0 Å².